The van der Waals surface area contributed by atoms with Crippen LogP contribution in [-0.4, -0.2) is 47.0 Å². The Kier molecular flexibility index (Phi) is 8.16. The van der Waals surface area contributed by atoms with Crippen LogP contribution in [0.25, 0.3) is 0 Å². The number of benzene rings is 1. The number of hydrogen-bond donors (Lipinski definition) is 0. The number of nitrogens with zero attached hydrogens (tertiary/aromatic N) is 1. The van der Waals surface area contributed by atoms with Crippen LogP contribution < -0.4 is 4.74 Å². The Morgan fingerprint density at radius 1 is 1.15 bits per heavy atom. The van der Waals surface area contributed by atoms with Gasteiger partial charge in [0, 0.05) is 23.9 Å². The van der Waals surface area contributed by atoms with E-state index in [9.17, 15) is 9.59 Å². The first-order valence-electron chi connectivity index (χ1n) is 11.6. The molecular formula is C26H35NO5S. The van der Waals surface area contributed by atoms with E-state index < -0.39 is 10.3 Å². The van der Waals surface area contributed by atoms with Crippen molar-refractivity contribution in [2.24, 2.45) is 5.92 Å². The predicted molar refractivity (Wildman–Crippen MR) is 131 cm³/mol. The fraction of sp³-hybridized carbons (Fsp3) is 0.538. The van der Waals surface area contributed by atoms with Crippen LogP contribution in [0.1, 0.15) is 53.9 Å². The predicted octanol–water partition coefficient (Wildman–Crippen LogP) is 5.94. The lowest BCUT2D eigenvalue weighted by molar-refractivity contribution is -0.147. The minimum Gasteiger partial charge on any atom is -0.465 e. The van der Waals surface area contributed by atoms with Gasteiger partial charge >= 0.3 is 12.1 Å². The van der Waals surface area contributed by atoms with Crippen molar-refractivity contribution in [2.45, 2.75) is 64.2 Å². The van der Waals surface area contributed by atoms with Crippen LogP contribution in [0.2, 0.25) is 0 Å². The maximum absolute atomic E-state index is 13.1. The van der Waals surface area contributed by atoms with Crippen LogP contribution in [0.15, 0.2) is 53.1 Å². The summed E-state index contributed by atoms with van der Waals surface area (Å²) in [7, 11) is 0. The van der Waals surface area contributed by atoms with Crippen LogP contribution in [0.5, 0.6) is 5.75 Å². The molecule has 2 aliphatic rings. The maximum atomic E-state index is 13.1. The summed E-state index contributed by atoms with van der Waals surface area (Å²) in [4.78, 5) is 28.3. The number of allylic oxidation sites excluding steroid dienone is 3. The van der Waals surface area contributed by atoms with Crippen molar-refractivity contribution in [1.82, 2.24) is 4.90 Å². The molecule has 1 fully saturated rings. The molecule has 1 amide bonds. The van der Waals surface area contributed by atoms with Gasteiger partial charge in [0.2, 0.25) is 0 Å². The van der Waals surface area contributed by atoms with Crippen molar-refractivity contribution in [3.8, 4) is 5.75 Å². The Morgan fingerprint density at radius 2 is 1.82 bits per heavy atom. The van der Waals surface area contributed by atoms with Gasteiger partial charge in [0.15, 0.2) is 0 Å². The molecule has 1 heterocycles. The van der Waals surface area contributed by atoms with Gasteiger partial charge in [-0.3, -0.25) is 4.79 Å². The van der Waals surface area contributed by atoms with Gasteiger partial charge in [-0.25, -0.2) is 4.79 Å². The monoisotopic (exact) mass is 473 g/mol. The van der Waals surface area contributed by atoms with E-state index in [1.54, 1.807) is 4.90 Å². The van der Waals surface area contributed by atoms with E-state index in [0.717, 1.165) is 22.8 Å². The summed E-state index contributed by atoms with van der Waals surface area (Å²) in [6, 6.07) is 9.72. The van der Waals surface area contributed by atoms with Crippen molar-refractivity contribution in [3.63, 3.8) is 0 Å². The number of hydrogen-bond acceptors (Lipinski definition) is 6. The van der Waals surface area contributed by atoms with Crippen LogP contribution in [0.4, 0.5) is 4.79 Å². The van der Waals surface area contributed by atoms with E-state index in [2.05, 4.69) is 13.0 Å². The maximum Gasteiger partial charge on any atom is 0.410 e. The fourth-order valence-electron chi connectivity index (χ4n) is 3.79. The number of carbonyl (C=O) groups is 2. The van der Waals surface area contributed by atoms with Gasteiger partial charge in [-0.15, -0.1) is 11.8 Å². The molecule has 0 bridgehead atoms. The summed E-state index contributed by atoms with van der Waals surface area (Å²) < 4.78 is 16.4. The van der Waals surface area contributed by atoms with Gasteiger partial charge in [-0.2, -0.15) is 0 Å². The van der Waals surface area contributed by atoms with E-state index in [-0.39, 0.29) is 18.0 Å². The summed E-state index contributed by atoms with van der Waals surface area (Å²) in [6.45, 7) is 10.7. The molecule has 180 valence electrons. The molecule has 1 aromatic rings. The van der Waals surface area contributed by atoms with Crippen LogP contribution in [-0.2, 0) is 14.3 Å². The summed E-state index contributed by atoms with van der Waals surface area (Å²) in [5.74, 6) is 1.71. The highest BCUT2D eigenvalue weighted by atomic mass is 32.2. The van der Waals surface area contributed by atoms with Crippen molar-refractivity contribution in [2.75, 3.05) is 19.7 Å². The quantitative estimate of drug-likeness (QED) is 0.477. The van der Waals surface area contributed by atoms with E-state index in [0.29, 0.717) is 32.5 Å². The molecule has 6 nitrogen and oxygen atoms in total. The van der Waals surface area contributed by atoms with E-state index >= 15 is 0 Å². The first-order chi connectivity index (χ1) is 15.6. The molecule has 0 saturated carbocycles. The summed E-state index contributed by atoms with van der Waals surface area (Å²) in [5, 5.41) is 0. The Balaban J connectivity index is 1.74. The lowest BCUT2D eigenvalue weighted by Crippen LogP contribution is -2.50. The van der Waals surface area contributed by atoms with E-state index in [1.165, 1.54) is 11.8 Å². The number of thioether (sulfide) groups is 1. The number of likely N-dealkylation sites (tertiary alicyclic amines) is 1. The number of para-hydroxylation sites is 1. The molecule has 1 atom stereocenters. The van der Waals surface area contributed by atoms with Gasteiger partial charge in [0.1, 0.15) is 21.9 Å². The summed E-state index contributed by atoms with van der Waals surface area (Å²) in [6.07, 6.45) is 5.70. The lowest BCUT2D eigenvalue weighted by atomic mass is 9.96. The summed E-state index contributed by atoms with van der Waals surface area (Å²) in [5.41, 5.74) is -0.551. The molecule has 1 aliphatic heterocycles. The van der Waals surface area contributed by atoms with Gasteiger partial charge < -0.3 is 19.1 Å². The first kappa shape index (κ1) is 25.2. The Morgan fingerprint density at radius 3 is 2.42 bits per heavy atom. The first-order valence-corrected chi connectivity index (χ1v) is 12.4. The third-order valence-electron chi connectivity index (χ3n) is 5.61. The Bertz CT molecular complexity index is 895. The highest BCUT2D eigenvalue weighted by Gasteiger charge is 2.45. The molecule has 0 N–H and O–H groups in total. The minimum atomic E-state index is -0.741. The third-order valence-corrected chi connectivity index (χ3v) is 7.09. The fourth-order valence-corrected chi connectivity index (χ4v) is 5.12. The summed E-state index contributed by atoms with van der Waals surface area (Å²) >= 11 is 1.53. The van der Waals surface area contributed by atoms with Gasteiger partial charge in [0.05, 0.1) is 6.61 Å². The number of carbonyl (C=O) groups excluding carboxylic acids is 2. The number of ether oxygens (including phenoxy) is 3. The van der Waals surface area contributed by atoms with Crippen LogP contribution in [0, 0.1) is 5.92 Å². The topological polar surface area (TPSA) is 65.1 Å². The zero-order valence-corrected chi connectivity index (χ0v) is 21.1. The zero-order valence-electron chi connectivity index (χ0n) is 20.3. The molecule has 1 unspecified atom stereocenters. The van der Waals surface area contributed by atoms with Crippen molar-refractivity contribution in [1.29, 1.82) is 0 Å². The zero-order chi connectivity index (χ0) is 24.1. The molecule has 3 rings (SSSR count). The third kappa shape index (κ3) is 6.79. The number of amides is 1. The second-order valence-corrected chi connectivity index (χ2v) is 10.9. The average Bonchev–Trinajstić information content (AvgIpc) is 2.76. The number of piperidine rings is 1. The van der Waals surface area contributed by atoms with Crippen molar-refractivity contribution in [3.05, 3.63) is 53.1 Å². The Hall–Kier alpha value is -2.41. The molecule has 1 aliphatic carbocycles. The normalized spacial score (nSPS) is 20.4. The molecule has 33 heavy (non-hydrogen) atoms. The molecule has 0 radical (unpaired) electrons. The number of esters is 1. The lowest BCUT2D eigenvalue weighted by Gasteiger charge is -2.40. The van der Waals surface area contributed by atoms with Gasteiger partial charge in [-0.05, 0) is 65.2 Å². The Labute approximate surface area is 201 Å². The van der Waals surface area contributed by atoms with E-state index in [4.69, 9.17) is 14.2 Å². The molecule has 1 saturated heterocycles. The SMILES string of the molecule is CCOC(=O)C1(SC2=CCC(C)C(Oc3ccccc3)=C2)CCN(C(=O)OC(C)(C)C)CC1. The molecular weight excluding hydrogens is 438 g/mol. The molecule has 0 aromatic heterocycles. The van der Waals surface area contributed by atoms with Crippen molar-refractivity contribution < 1.29 is 23.8 Å². The van der Waals surface area contributed by atoms with Gasteiger partial charge in [-0.1, -0.05) is 31.2 Å². The molecule has 1 aromatic carbocycles. The minimum absolute atomic E-state index is 0.225. The second kappa shape index (κ2) is 10.7. The van der Waals surface area contributed by atoms with Crippen LogP contribution >= 0.6 is 11.8 Å². The largest absolute Gasteiger partial charge is 0.465 e. The van der Waals surface area contributed by atoms with Gasteiger partial charge in [0.25, 0.3) is 0 Å². The second-order valence-electron chi connectivity index (χ2n) is 9.49. The smallest absolute Gasteiger partial charge is 0.410 e. The highest BCUT2D eigenvalue weighted by Crippen LogP contribution is 2.44. The van der Waals surface area contributed by atoms with Crippen molar-refractivity contribution >= 4 is 23.8 Å². The van der Waals surface area contributed by atoms with Crippen LogP contribution in [0.3, 0.4) is 0 Å². The number of rotatable bonds is 6. The van der Waals surface area contributed by atoms with E-state index in [1.807, 2.05) is 64.1 Å². The highest BCUT2D eigenvalue weighted by molar-refractivity contribution is 8.05. The standard InChI is InChI=1S/C26H35NO5S/c1-6-30-23(28)26(14-16-27(17-15-26)24(29)32-25(3,4)5)33-21-13-12-19(2)22(18-21)31-20-10-8-7-9-11-20/h7-11,13,18-19H,6,12,14-17H2,1-5H3. The average molecular weight is 474 g/mol. The molecule has 0 spiro atoms. The molecule has 7 heteroatoms.